The van der Waals surface area contributed by atoms with E-state index in [1.54, 1.807) is 52.0 Å². The lowest BCUT2D eigenvalue weighted by Gasteiger charge is -2.29. The summed E-state index contributed by atoms with van der Waals surface area (Å²) in [6.45, 7) is 11.1. The molecule has 0 fully saturated rings. The van der Waals surface area contributed by atoms with Gasteiger partial charge in [0.1, 0.15) is 11.5 Å². The Morgan fingerprint density at radius 1 is 1.00 bits per heavy atom. The first-order valence-corrected chi connectivity index (χ1v) is 9.46. The van der Waals surface area contributed by atoms with Crippen LogP contribution < -0.4 is 4.74 Å². The Morgan fingerprint density at radius 2 is 1.48 bits per heavy atom. The van der Waals surface area contributed by atoms with Gasteiger partial charge in [-0.25, -0.2) is 8.42 Å². The highest BCUT2D eigenvalue weighted by atomic mass is 32.2. The highest BCUT2D eigenvalue weighted by Gasteiger charge is 2.30. The molecule has 0 aliphatic heterocycles. The fourth-order valence-corrected chi connectivity index (χ4v) is 4.49. The van der Waals surface area contributed by atoms with E-state index in [4.69, 9.17) is 4.74 Å². The van der Waals surface area contributed by atoms with Crippen molar-refractivity contribution in [3.05, 3.63) is 29.8 Å². The van der Waals surface area contributed by atoms with Crippen LogP contribution in [0.4, 0.5) is 0 Å². The first-order valence-electron chi connectivity index (χ1n) is 7.85. The van der Waals surface area contributed by atoms with E-state index in [0.29, 0.717) is 11.3 Å². The molecule has 0 aromatic heterocycles. The smallest absolute Gasteiger partial charge is 0.222 e. The van der Waals surface area contributed by atoms with E-state index in [2.05, 4.69) is 0 Å². The maximum absolute atomic E-state index is 12.5. The van der Waals surface area contributed by atoms with E-state index in [1.165, 1.54) is 4.31 Å². The molecule has 0 spiro atoms. The zero-order valence-electron chi connectivity index (χ0n) is 14.7. The molecule has 0 atom stereocenters. The fraction of sp³-hybridized carbons (Fsp3) is 0.588. The number of carbonyl (C=O) groups is 1. The largest absolute Gasteiger partial charge is 0.491 e. The van der Waals surface area contributed by atoms with Gasteiger partial charge in [0, 0.05) is 17.6 Å². The lowest BCUT2D eigenvalue weighted by atomic mass is 10.1. The van der Waals surface area contributed by atoms with Crippen LogP contribution in [0, 0.1) is 0 Å². The van der Waals surface area contributed by atoms with E-state index in [9.17, 15) is 13.2 Å². The van der Waals surface area contributed by atoms with Gasteiger partial charge < -0.3 is 4.74 Å². The third-order valence-corrected chi connectivity index (χ3v) is 5.31. The molecule has 0 radical (unpaired) electrons. The highest BCUT2D eigenvalue weighted by Crippen LogP contribution is 2.17. The van der Waals surface area contributed by atoms with Gasteiger partial charge in [0.2, 0.25) is 10.0 Å². The summed E-state index contributed by atoms with van der Waals surface area (Å²) in [5.74, 6) is -0.272. The van der Waals surface area contributed by atoms with Crippen LogP contribution in [-0.4, -0.2) is 42.4 Å². The quantitative estimate of drug-likeness (QED) is 0.682. The predicted molar refractivity (Wildman–Crippen MR) is 92.4 cm³/mol. The Hall–Kier alpha value is -1.40. The van der Waals surface area contributed by atoms with Gasteiger partial charge in [-0.1, -0.05) is 0 Å². The first kappa shape index (κ1) is 19.6. The summed E-state index contributed by atoms with van der Waals surface area (Å²) in [5.41, 5.74) is 0.372. The van der Waals surface area contributed by atoms with Crippen molar-refractivity contribution < 1.29 is 17.9 Å². The minimum Gasteiger partial charge on any atom is -0.491 e. The SMILES string of the molecule is CC(C)Oc1ccc(C(=O)CS(=O)(=O)N(C(C)C)C(C)C)cc1. The molecule has 1 aromatic carbocycles. The average Bonchev–Trinajstić information content (AvgIpc) is 2.36. The van der Waals surface area contributed by atoms with Gasteiger partial charge in [0.05, 0.1) is 6.10 Å². The van der Waals surface area contributed by atoms with Gasteiger partial charge in [-0.15, -0.1) is 0 Å². The molecule has 1 rings (SSSR count). The third kappa shape index (κ3) is 5.62. The molecule has 0 bridgehead atoms. The van der Waals surface area contributed by atoms with Gasteiger partial charge in [-0.05, 0) is 65.8 Å². The number of ether oxygens (including phenoxy) is 1. The van der Waals surface area contributed by atoms with Crippen molar-refractivity contribution in [2.24, 2.45) is 0 Å². The zero-order chi connectivity index (χ0) is 17.8. The molecule has 5 nitrogen and oxygen atoms in total. The second-order valence-corrected chi connectivity index (χ2v) is 8.26. The van der Waals surface area contributed by atoms with Crippen molar-refractivity contribution in [1.82, 2.24) is 4.31 Å². The van der Waals surface area contributed by atoms with Crippen LogP contribution in [0.1, 0.15) is 51.9 Å². The fourth-order valence-electron chi connectivity index (χ4n) is 2.55. The Kier molecular flexibility index (Phi) is 6.77. The van der Waals surface area contributed by atoms with Crippen LogP contribution in [0.25, 0.3) is 0 Å². The van der Waals surface area contributed by atoms with E-state index < -0.39 is 21.6 Å². The zero-order valence-corrected chi connectivity index (χ0v) is 15.6. The van der Waals surface area contributed by atoms with Crippen LogP contribution in [0.3, 0.4) is 0 Å². The standard InChI is InChI=1S/C17H27NO4S/c1-12(2)18(13(3)4)23(20,21)11-17(19)15-7-9-16(10-8-15)22-14(5)6/h7-10,12-14H,11H2,1-6H3. The maximum Gasteiger partial charge on any atom is 0.222 e. The van der Waals surface area contributed by atoms with Crippen molar-refractivity contribution in [3.63, 3.8) is 0 Å². The summed E-state index contributed by atoms with van der Waals surface area (Å²) in [7, 11) is -3.64. The molecule has 0 aliphatic carbocycles. The van der Waals surface area contributed by atoms with Crippen molar-refractivity contribution in [1.29, 1.82) is 0 Å². The highest BCUT2D eigenvalue weighted by molar-refractivity contribution is 7.89. The van der Waals surface area contributed by atoms with E-state index in [-0.39, 0.29) is 18.2 Å². The lowest BCUT2D eigenvalue weighted by molar-refractivity contribution is 0.101. The number of ketones is 1. The summed E-state index contributed by atoms with van der Waals surface area (Å²) in [6, 6.07) is 6.20. The molecular weight excluding hydrogens is 314 g/mol. The first-order chi connectivity index (χ1) is 10.5. The van der Waals surface area contributed by atoms with E-state index in [0.717, 1.165) is 0 Å². The molecule has 0 N–H and O–H groups in total. The van der Waals surface area contributed by atoms with Crippen molar-refractivity contribution in [3.8, 4) is 5.75 Å². The number of benzene rings is 1. The molecule has 0 amide bonds. The van der Waals surface area contributed by atoms with E-state index in [1.807, 2.05) is 13.8 Å². The summed E-state index contributed by atoms with van der Waals surface area (Å²) >= 11 is 0. The van der Waals surface area contributed by atoms with Gasteiger partial charge in [-0.2, -0.15) is 4.31 Å². The second kappa shape index (κ2) is 7.93. The minimum absolute atomic E-state index is 0.0440. The Balaban J connectivity index is 2.90. The van der Waals surface area contributed by atoms with Crippen LogP contribution >= 0.6 is 0 Å². The molecule has 0 aliphatic rings. The number of sulfonamides is 1. The molecule has 130 valence electrons. The molecule has 0 heterocycles. The van der Waals surface area contributed by atoms with Crippen molar-refractivity contribution in [2.75, 3.05) is 5.75 Å². The normalized spacial score (nSPS) is 12.4. The van der Waals surface area contributed by atoms with Crippen LogP contribution in [-0.2, 0) is 10.0 Å². The number of nitrogens with zero attached hydrogens (tertiary/aromatic N) is 1. The molecule has 0 saturated heterocycles. The van der Waals surface area contributed by atoms with Gasteiger partial charge in [-0.3, -0.25) is 4.79 Å². The number of rotatable bonds is 8. The van der Waals surface area contributed by atoms with Crippen LogP contribution in [0.2, 0.25) is 0 Å². The molecule has 6 heteroatoms. The van der Waals surface area contributed by atoms with Crippen molar-refractivity contribution >= 4 is 15.8 Å². The minimum atomic E-state index is -3.64. The summed E-state index contributed by atoms with van der Waals surface area (Å²) in [4.78, 5) is 12.3. The summed E-state index contributed by atoms with van der Waals surface area (Å²) in [6.07, 6.45) is 0.0440. The van der Waals surface area contributed by atoms with Crippen LogP contribution in [0.15, 0.2) is 24.3 Å². The number of Topliss-reactive ketones (excluding diaryl/α,β-unsaturated/α-hetero) is 1. The summed E-state index contributed by atoms with van der Waals surface area (Å²) in [5, 5.41) is 0. The van der Waals surface area contributed by atoms with E-state index >= 15 is 0 Å². The van der Waals surface area contributed by atoms with Gasteiger partial charge in [0.25, 0.3) is 0 Å². The number of hydrogen-bond donors (Lipinski definition) is 0. The summed E-state index contributed by atoms with van der Waals surface area (Å²) < 4.78 is 31.9. The topological polar surface area (TPSA) is 63.7 Å². The van der Waals surface area contributed by atoms with Gasteiger partial charge in [0.15, 0.2) is 5.78 Å². The monoisotopic (exact) mass is 341 g/mol. The van der Waals surface area contributed by atoms with Gasteiger partial charge >= 0.3 is 0 Å². The Labute approximate surface area is 139 Å². The molecule has 23 heavy (non-hydrogen) atoms. The molecule has 1 aromatic rings. The molecule has 0 saturated carbocycles. The number of hydrogen-bond acceptors (Lipinski definition) is 4. The van der Waals surface area contributed by atoms with Crippen molar-refractivity contribution in [2.45, 2.75) is 59.7 Å². The second-order valence-electron chi connectivity index (χ2n) is 6.39. The molecule has 0 unspecified atom stereocenters. The predicted octanol–water partition coefficient (Wildman–Crippen LogP) is 3.11. The molecular formula is C17H27NO4S. The number of carbonyl (C=O) groups excluding carboxylic acids is 1. The maximum atomic E-state index is 12.5. The third-order valence-electron chi connectivity index (χ3n) is 3.20. The Morgan fingerprint density at radius 3 is 1.87 bits per heavy atom. The average molecular weight is 341 g/mol. The Bertz CT molecular complexity index is 610. The van der Waals surface area contributed by atoms with Crippen LogP contribution in [0.5, 0.6) is 5.75 Å². The lowest BCUT2D eigenvalue weighted by Crippen LogP contribution is -2.44.